The Morgan fingerprint density at radius 2 is 2.00 bits per heavy atom. The average molecular weight is 300 g/mol. The zero-order valence-electron chi connectivity index (χ0n) is 12.4. The minimum Gasteiger partial charge on any atom is -0.383 e. The number of hydrogen-bond acceptors (Lipinski definition) is 3. The fourth-order valence-corrected chi connectivity index (χ4v) is 2.03. The molecule has 1 aromatic carbocycles. The molecule has 21 heavy (non-hydrogen) atoms. The highest BCUT2D eigenvalue weighted by molar-refractivity contribution is 5.60. The van der Waals surface area contributed by atoms with E-state index in [0.29, 0.717) is 31.3 Å². The highest BCUT2D eigenvalue weighted by atomic mass is 19.4. The van der Waals surface area contributed by atoms with Crippen LogP contribution in [0.2, 0.25) is 0 Å². The Labute approximate surface area is 122 Å². The second-order valence-corrected chi connectivity index (χ2v) is 5.17. The number of nitrogens with zero attached hydrogens (tertiary/aromatic N) is 2. The number of anilines is 1. The maximum atomic E-state index is 12.7. The summed E-state index contributed by atoms with van der Waals surface area (Å²) in [6.07, 6.45) is -4.44. The van der Waals surface area contributed by atoms with Gasteiger partial charge < -0.3 is 9.64 Å². The van der Waals surface area contributed by atoms with Crippen LogP contribution < -0.4 is 4.90 Å². The number of nitriles is 1. The van der Waals surface area contributed by atoms with Crippen molar-refractivity contribution in [3.8, 4) is 6.07 Å². The summed E-state index contributed by atoms with van der Waals surface area (Å²) in [5.41, 5.74) is -0.267. The molecule has 0 spiro atoms. The van der Waals surface area contributed by atoms with E-state index in [1.807, 2.05) is 24.8 Å². The van der Waals surface area contributed by atoms with Crippen LogP contribution in [0.5, 0.6) is 0 Å². The van der Waals surface area contributed by atoms with E-state index in [1.165, 1.54) is 6.07 Å². The summed E-state index contributed by atoms with van der Waals surface area (Å²) in [4.78, 5) is 1.88. The van der Waals surface area contributed by atoms with Crippen LogP contribution >= 0.6 is 0 Å². The van der Waals surface area contributed by atoms with Gasteiger partial charge in [0.1, 0.15) is 6.07 Å². The summed E-state index contributed by atoms with van der Waals surface area (Å²) in [5.74, 6) is 0.315. The van der Waals surface area contributed by atoms with Gasteiger partial charge in [0.2, 0.25) is 0 Å². The van der Waals surface area contributed by atoms with Gasteiger partial charge >= 0.3 is 6.18 Å². The maximum absolute atomic E-state index is 12.7. The molecule has 0 N–H and O–H groups in total. The lowest BCUT2D eigenvalue weighted by molar-refractivity contribution is -0.137. The standard InChI is InChI=1S/C15H19F3N2O/c1-11(2)10-20(6-7-21-3)14-5-4-13(15(16,17)18)8-12(14)9-19/h4-5,8,11H,6-7,10H2,1-3H3. The Balaban J connectivity index is 3.16. The molecule has 0 aliphatic carbocycles. The van der Waals surface area contributed by atoms with Crippen LogP contribution in [-0.4, -0.2) is 26.8 Å². The summed E-state index contributed by atoms with van der Waals surface area (Å²) >= 11 is 0. The van der Waals surface area contributed by atoms with E-state index in [2.05, 4.69) is 0 Å². The predicted octanol–water partition coefficient (Wildman–Crippen LogP) is 3.69. The molecule has 0 atom stereocenters. The van der Waals surface area contributed by atoms with Gasteiger partial charge in [0.25, 0.3) is 0 Å². The first-order valence-electron chi connectivity index (χ1n) is 6.64. The Morgan fingerprint density at radius 1 is 1.33 bits per heavy atom. The van der Waals surface area contributed by atoms with Crippen LogP contribution in [-0.2, 0) is 10.9 Å². The molecule has 1 aromatic rings. The molecular weight excluding hydrogens is 281 g/mol. The predicted molar refractivity (Wildman–Crippen MR) is 75.1 cm³/mol. The molecule has 0 saturated carbocycles. The van der Waals surface area contributed by atoms with Crippen LogP contribution in [0.4, 0.5) is 18.9 Å². The van der Waals surface area contributed by atoms with E-state index in [1.54, 1.807) is 7.11 Å². The maximum Gasteiger partial charge on any atom is 0.416 e. The van der Waals surface area contributed by atoms with E-state index in [0.717, 1.165) is 12.1 Å². The van der Waals surface area contributed by atoms with E-state index < -0.39 is 11.7 Å². The molecule has 0 aliphatic rings. The van der Waals surface area contributed by atoms with Gasteiger partial charge in [0, 0.05) is 20.2 Å². The Morgan fingerprint density at radius 3 is 2.48 bits per heavy atom. The van der Waals surface area contributed by atoms with Crippen LogP contribution in [0.25, 0.3) is 0 Å². The molecule has 0 aromatic heterocycles. The number of methoxy groups -OCH3 is 1. The smallest absolute Gasteiger partial charge is 0.383 e. The van der Waals surface area contributed by atoms with Gasteiger partial charge in [-0.15, -0.1) is 0 Å². The van der Waals surface area contributed by atoms with E-state index in [-0.39, 0.29) is 5.56 Å². The van der Waals surface area contributed by atoms with Crippen molar-refractivity contribution >= 4 is 5.69 Å². The molecule has 0 unspecified atom stereocenters. The van der Waals surface area contributed by atoms with Crippen LogP contribution in [0.15, 0.2) is 18.2 Å². The quantitative estimate of drug-likeness (QED) is 0.804. The van der Waals surface area contributed by atoms with Crippen LogP contribution in [0, 0.1) is 17.2 Å². The summed E-state index contributed by atoms with van der Waals surface area (Å²) in [5, 5.41) is 9.14. The number of rotatable bonds is 6. The zero-order valence-corrected chi connectivity index (χ0v) is 12.4. The van der Waals surface area contributed by atoms with Crippen LogP contribution in [0.3, 0.4) is 0 Å². The Bertz CT molecular complexity index is 507. The Kier molecular flexibility index (Phi) is 6.03. The average Bonchev–Trinajstić information content (AvgIpc) is 2.41. The normalized spacial score (nSPS) is 11.5. The van der Waals surface area contributed by atoms with Crippen molar-refractivity contribution in [2.45, 2.75) is 20.0 Å². The number of ether oxygens (including phenoxy) is 1. The summed E-state index contributed by atoms with van der Waals surface area (Å²) < 4.78 is 43.1. The lowest BCUT2D eigenvalue weighted by Gasteiger charge is -2.27. The Hall–Kier alpha value is -1.74. The second-order valence-electron chi connectivity index (χ2n) is 5.17. The number of alkyl halides is 3. The molecular formula is C15H19F3N2O. The number of halogens is 3. The van der Waals surface area contributed by atoms with Crippen molar-refractivity contribution in [3.63, 3.8) is 0 Å². The largest absolute Gasteiger partial charge is 0.416 e. The van der Waals surface area contributed by atoms with Gasteiger partial charge in [0.15, 0.2) is 0 Å². The van der Waals surface area contributed by atoms with Crippen molar-refractivity contribution < 1.29 is 17.9 Å². The molecule has 0 radical (unpaired) electrons. The van der Waals surface area contributed by atoms with E-state index in [9.17, 15) is 13.2 Å². The molecule has 3 nitrogen and oxygen atoms in total. The second kappa shape index (κ2) is 7.32. The molecule has 0 amide bonds. The zero-order chi connectivity index (χ0) is 16.0. The highest BCUT2D eigenvalue weighted by Gasteiger charge is 2.31. The highest BCUT2D eigenvalue weighted by Crippen LogP contribution is 2.32. The van der Waals surface area contributed by atoms with Crippen molar-refractivity contribution in [2.75, 3.05) is 31.7 Å². The fourth-order valence-electron chi connectivity index (χ4n) is 2.03. The first kappa shape index (κ1) is 17.3. The van der Waals surface area contributed by atoms with E-state index >= 15 is 0 Å². The lowest BCUT2D eigenvalue weighted by atomic mass is 10.1. The first-order valence-corrected chi connectivity index (χ1v) is 6.64. The van der Waals surface area contributed by atoms with Gasteiger partial charge in [-0.1, -0.05) is 13.8 Å². The molecule has 6 heteroatoms. The monoisotopic (exact) mass is 300 g/mol. The molecule has 0 fully saturated rings. The van der Waals surface area contributed by atoms with Gasteiger partial charge in [-0.3, -0.25) is 0 Å². The fraction of sp³-hybridized carbons (Fsp3) is 0.533. The van der Waals surface area contributed by atoms with Crippen molar-refractivity contribution in [3.05, 3.63) is 29.3 Å². The molecule has 0 bridgehead atoms. The van der Waals surface area contributed by atoms with Crippen molar-refractivity contribution in [1.29, 1.82) is 5.26 Å². The summed E-state index contributed by atoms with van der Waals surface area (Å²) in [6, 6.07) is 5.12. The summed E-state index contributed by atoms with van der Waals surface area (Å²) in [7, 11) is 1.56. The van der Waals surface area contributed by atoms with Gasteiger partial charge in [-0.2, -0.15) is 18.4 Å². The minimum absolute atomic E-state index is 0.0292. The van der Waals surface area contributed by atoms with Gasteiger partial charge in [-0.25, -0.2) is 0 Å². The number of benzene rings is 1. The molecule has 116 valence electrons. The number of hydrogen-bond donors (Lipinski definition) is 0. The summed E-state index contributed by atoms with van der Waals surface area (Å²) in [6.45, 7) is 5.63. The molecule has 1 rings (SSSR count). The molecule has 0 saturated heterocycles. The van der Waals surface area contributed by atoms with Crippen molar-refractivity contribution in [1.82, 2.24) is 0 Å². The van der Waals surface area contributed by atoms with E-state index in [4.69, 9.17) is 10.00 Å². The topological polar surface area (TPSA) is 36.3 Å². The SMILES string of the molecule is COCCN(CC(C)C)c1ccc(C(F)(F)F)cc1C#N. The third-order valence-corrected chi connectivity index (χ3v) is 2.94. The lowest BCUT2D eigenvalue weighted by Crippen LogP contribution is -2.31. The third kappa shape index (κ3) is 4.94. The third-order valence-electron chi connectivity index (χ3n) is 2.94. The van der Waals surface area contributed by atoms with Gasteiger partial charge in [-0.05, 0) is 24.1 Å². The van der Waals surface area contributed by atoms with Crippen LogP contribution in [0.1, 0.15) is 25.0 Å². The first-order chi connectivity index (χ1) is 9.79. The van der Waals surface area contributed by atoms with Gasteiger partial charge in [0.05, 0.1) is 23.4 Å². The molecule has 0 heterocycles. The van der Waals surface area contributed by atoms with Crippen molar-refractivity contribution in [2.24, 2.45) is 5.92 Å². The minimum atomic E-state index is -4.44. The molecule has 0 aliphatic heterocycles.